The van der Waals surface area contributed by atoms with E-state index >= 15 is 0 Å². The second kappa shape index (κ2) is 31.9. The van der Waals surface area contributed by atoms with Crippen molar-refractivity contribution < 1.29 is 19.1 Å². The number of ether oxygens (including phenoxy) is 2. The zero-order chi connectivity index (χ0) is 34.9. The molecule has 0 saturated heterocycles. The molecule has 0 aliphatic heterocycles. The molecule has 0 aliphatic carbocycles. The molecular formula is C40H74N4O4. The minimum absolute atomic E-state index is 0.332. The van der Waals surface area contributed by atoms with Crippen molar-refractivity contribution in [1.82, 2.24) is 9.80 Å². The molecule has 1 aromatic rings. The molecule has 0 atom stereocenters. The van der Waals surface area contributed by atoms with Crippen molar-refractivity contribution in [2.75, 3.05) is 64.1 Å². The standard InChI is InChI=1S/C40H74N4O4/c1-5-7-9-11-13-15-17-19-21-23-25-30-43(3)32-34-47-39(45)41-37-28-27-29-38(36-37)42-40(46)48-35-33-44(4)31-26-24-22-20-18-16-14-12-10-8-6-2/h27-29,36H,5-26,30-35H2,1-4H3,(H,41,45)(H,42,46). The first kappa shape index (κ1) is 43.7. The largest absolute Gasteiger partial charge is 0.448 e. The quantitative estimate of drug-likeness (QED) is 0.0740. The number of carbonyl (C=O) groups is 2. The van der Waals surface area contributed by atoms with Gasteiger partial charge >= 0.3 is 12.2 Å². The van der Waals surface area contributed by atoms with Crippen LogP contribution in [0.4, 0.5) is 21.0 Å². The maximum atomic E-state index is 12.3. The number of anilines is 2. The van der Waals surface area contributed by atoms with Crippen molar-refractivity contribution in [2.24, 2.45) is 0 Å². The fraction of sp³-hybridized carbons (Fsp3) is 0.800. The van der Waals surface area contributed by atoms with Crippen LogP contribution in [0.2, 0.25) is 0 Å². The number of hydrogen-bond donors (Lipinski definition) is 2. The van der Waals surface area contributed by atoms with Gasteiger partial charge in [0.15, 0.2) is 0 Å². The summed E-state index contributed by atoms with van der Waals surface area (Å²) >= 11 is 0. The summed E-state index contributed by atoms with van der Waals surface area (Å²) in [6, 6.07) is 6.99. The molecule has 2 amide bonds. The van der Waals surface area contributed by atoms with E-state index in [0.29, 0.717) is 37.7 Å². The van der Waals surface area contributed by atoms with Crippen LogP contribution < -0.4 is 10.6 Å². The second-order valence-electron chi connectivity index (χ2n) is 13.8. The summed E-state index contributed by atoms with van der Waals surface area (Å²) in [7, 11) is 4.15. The number of unbranched alkanes of at least 4 members (excludes halogenated alkanes) is 20. The highest BCUT2D eigenvalue weighted by molar-refractivity contribution is 5.88. The first-order valence-electron chi connectivity index (χ1n) is 19.8. The van der Waals surface area contributed by atoms with Crippen LogP contribution in [-0.4, -0.2) is 75.5 Å². The Morgan fingerprint density at radius 3 is 1.15 bits per heavy atom. The third kappa shape index (κ3) is 27.6. The number of benzene rings is 1. The molecule has 0 aliphatic rings. The number of amides is 2. The van der Waals surface area contributed by atoms with E-state index in [4.69, 9.17) is 9.47 Å². The molecule has 8 nitrogen and oxygen atoms in total. The van der Waals surface area contributed by atoms with E-state index in [1.807, 2.05) is 0 Å². The van der Waals surface area contributed by atoms with Gasteiger partial charge in [-0.05, 0) is 58.2 Å². The van der Waals surface area contributed by atoms with E-state index in [2.05, 4.69) is 48.4 Å². The number of hydrogen-bond acceptors (Lipinski definition) is 6. The third-order valence-electron chi connectivity index (χ3n) is 9.05. The summed E-state index contributed by atoms with van der Waals surface area (Å²) in [4.78, 5) is 29.1. The van der Waals surface area contributed by atoms with Gasteiger partial charge in [-0.2, -0.15) is 0 Å². The van der Waals surface area contributed by atoms with Crippen LogP contribution in [0.15, 0.2) is 24.3 Å². The molecule has 1 aromatic carbocycles. The Hall–Kier alpha value is -2.32. The molecule has 0 fully saturated rings. The van der Waals surface area contributed by atoms with E-state index in [1.165, 1.54) is 141 Å². The molecule has 278 valence electrons. The lowest BCUT2D eigenvalue weighted by Gasteiger charge is -2.17. The predicted octanol–water partition coefficient (Wildman–Crippen LogP) is 11.3. The highest BCUT2D eigenvalue weighted by Crippen LogP contribution is 2.16. The monoisotopic (exact) mass is 675 g/mol. The van der Waals surface area contributed by atoms with Gasteiger partial charge in [0.25, 0.3) is 0 Å². The molecule has 0 unspecified atom stereocenters. The van der Waals surface area contributed by atoms with E-state index in [0.717, 1.165) is 13.1 Å². The molecule has 8 heteroatoms. The summed E-state index contributed by atoms with van der Waals surface area (Å²) in [6.07, 6.45) is 28.5. The summed E-state index contributed by atoms with van der Waals surface area (Å²) in [5.74, 6) is 0. The Bertz CT molecular complexity index is 832. The van der Waals surface area contributed by atoms with E-state index in [1.54, 1.807) is 24.3 Å². The number of likely N-dealkylation sites (N-methyl/N-ethyl adjacent to an activating group) is 2. The van der Waals surface area contributed by atoms with Crippen LogP contribution in [0.3, 0.4) is 0 Å². The molecule has 1 rings (SSSR count). The fourth-order valence-corrected chi connectivity index (χ4v) is 5.89. The topological polar surface area (TPSA) is 83.1 Å². The average molecular weight is 675 g/mol. The minimum Gasteiger partial charge on any atom is -0.448 e. The van der Waals surface area contributed by atoms with Crippen LogP contribution in [0.25, 0.3) is 0 Å². The SMILES string of the molecule is CCCCCCCCCCCCCN(C)CCOC(=O)Nc1cccc(NC(=O)OCCN(C)CCCCCCCCCCCCC)c1. The highest BCUT2D eigenvalue weighted by Gasteiger charge is 2.08. The molecule has 0 spiro atoms. The van der Waals surface area contributed by atoms with E-state index in [-0.39, 0.29) is 0 Å². The highest BCUT2D eigenvalue weighted by atomic mass is 16.6. The van der Waals surface area contributed by atoms with Crippen LogP contribution >= 0.6 is 0 Å². The Labute approximate surface area is 295 Å². The lowest BCUT2D eigenvalue weighted by Crippen LogP contribution is -2.27. The van der Waals surface area contributed by atoms with Crippen molar-refractivity contribution in [1.29, 1.82) is 0 Å². The van der Waals surface area contributed by atoms with Crippen molar-refractivity contribution in [2.45, 2.75) is 155 Å². The smallest absolute Gasteiger partial charge is 0.411 e. The second-order valence-corrected chi connectivity index (χ2v) is 13.8. The zero-order valence-corrected chi connectivity index (χ0v) is 31.6. The van der Waals surface area contributed by atoms with Crippen molar-refractivity contribution >= 4 is 23.6 Å². The lowest BCUT2D eigenvalue weighted by atomic mass is 10.1. The Morgan fingerprint density at radius 1 is 0.500 bits per heavy atom. The predicted molar refractivity (Wildman–Crippen MR) is 204 cm³/mol. The molecule has 0 heterocycles. The van der Waals surface area contributed by atoms with Crippen LogP contribution in [-0.2, 0) is 9.47 Å². The van der Waals surface area contributed by atoms with Gasteiger partial charge in [-0.25, -0.2) is 9.59 Å². The van der Waals surface area contributed by atoms with E-state index < -0.39 is 12.2 Å². The van der Waals surface area contributed by atoms with Gasteiger partial charge < -0.3 is 19.3 Å². The summed E-state index contributed by atoms with van der Waals surface area (Å²) in [5.41, 5.74) is 1.11. The molecule has 0 saturated carbocycles. The molecule has 2 N–H and O–H groups in total. The lowest BCUT2D eigenvalue weighted by molar-refractivity contribution is 0.145. The van der Waals surface area contributed by atoms with Crippen molar-refractivity contribution in [3.63, 3.8) is 0 Å². The average Bonchev–Trinajstić information content (AvgIpc) is 3.06. The van der Waals surface area contributed by atoms with Gasteiger partial charge in [0.1, 0.15) is 13.2 Å². The Morgan fingerprint density at radius 2 is 0.812 bits per heavy atom. The number of nitrogens with one attached hydrogen (secondary N) is 2. The Kier molecular flexibility index (Phi) is 29.1. The molecule has 0 bridgehead atoms. The molecule has 0 aromatic heterocycles. The van der Waals surface area contributed by atoms with Gasteiger partial charge in [0.05, 0.1) is 0 Å². The first-order chi connectivity index (χ1) is 23.4. The van der Waals surface area contributed by atoms with Gasteiger partial charge in [-0.1, -0.05) is 148 Å². The van der Waals surface area contributed by atoms with Crippen LogP contribution in [0.5, 0.6) is 0 Å². The minimum atomic E-state index is -0.501. The summed E-state index contributed by atoms with van der Waals surface area (Å²) < 4.78 is 10.8. The first-order valence-corrected chi connectivity index (χ1v) is 19.8. The van der Waals surface area contributed by atoms with Crippen molar-refractivity contribution in [3.05, 3.63) is 24.3 Å². The van der Waals surface area contributed by atoms with Crippen LogP contribution in [0.1, 0.15) is 155 Å². The van der Waals surface area contributed by atoms with Gasteiger partial charge in [-0.3, -0.25) is 10.6 Å². The molecular weight excluding hydrogens is 600 g/mol. The Balaban J connectivity index is 2.06. The maximum absolute atomic E-state index is 12.3. The zero-order valence-electron chi connectivity index (χ0n) is 31.6. The van der Waals surface area contributed by atoms with Gasteiger partial charge in [0, 0.05) is 24.5 Å². The van der Waals surface area contributed by atoms with E-state index in [9.17, 15) is 9.59 Å². The van der Waals surface area contributed by atoms with Crippen LogP contribution in [0, 0.1) is 0 Å². The number of carbonyl (C=O) groups excluding carboxylic acids is 2. The van der Waals surface area contributed by atoms with Gasteiger partial charge in [-0.15, -0.1) is 0 Å². The fourth-order valence-electron chi connectivity index (χ4n) is 5.89. The molecule has 48 heavy (non-hydrogen) atoms. The molecule has 0 radical (unpaired) electrons. The summed E-state index contributed by atoms with van der Waals surface area (Å²) in [6.45, 7) is 8.63. The maximum Gasteiger partial charge on any atom is 0.411 e. The summed E-state index contributed by atoms with van der Waals surface area (Å²) in [5, 5.41) is 5.49. The number of rotatable bonds is 32. The number of nitrogens with zero attached hydrogens (tertiary/aromatic N) is 2. The normalized spacial score (nSPS) is 11.3. The van der Waals surface area contributed by atoms with Crippen molar-refractivity contribution in [3.8, 4) is 0 Å². The van der Waals surface area contributed by atoms with Gasteiger partial charge in [0.2, 0.25) is 0 Å². The third-order valence-corrected chi connectivity index (χ3v) is 9.05.